The first kappa shape index (κ1) is 15.1. The zero-order valence-electron chi connectivity index (χ0n) is 12.0. The van der Waals surface area contributed by atoms with Gasteiger partial charge in [-0.05, 0) is 39.0 Å². The van der Waals surface area contributed by atoms with Crippen LogP contribution in [-0.4, -0.2) is 53.3 Å². The molecule has 114 valence electrons. The van der Waals surface area contributed by atoms with E-state index in [4.69, 9.17) is 9.84 Å². The van der Waals surface area contributed by atoms with Crippen molar-refractivity contribution in [2.45, 2.75) is 63.6 Å². The van der Waals surface area contributed by atoms with E-state index in [9.17, 15) is 9.59 Å². The number of carboxylic acids is 1. The molecule has 2 N–H and O–H groups in total. The zero-order valence-corrected chi connectivity index (χ0v) is 12.0. The number of carbonyl (C=O) groups is 2. The van der Waals surface area contributed by atoms with Gasteiger partial charge in [0.1, 0.15) is 0 Å². The Morgan fingerprint density at radius 3 is 3.00 bits per heavy atom. The number of urea groups is 1. The molecule has 1 saturated carbocycles. The minimum Gasteiger partial charge on any atom is -0.481 e. The summed E-state index contributed by atoms with van der Waals surface area (Å²) < 4.78 is 5.69. The summed E-state index contributed by atoms with van der Waals surface area (Å²) in [5.41, 5.74) is 0. The number of hydrogen-bond acceptors (Lipinski definition) is 3. The Balaban J connectivity index is 1.77. The highest BCUT2D eigenvalue weighted by atomic mass is 16.5. The summed E-state index contributed by atoms with van der Waals surface area (Å²) in [4.78, 5) is 24.7. The number of nitrogens with one attached hydrogen (secondary N) is 1. The molecular weight excluding hydrogens is 260 g/mol. The molecule has 1 saturated heterocycles. The summed E-state index contributed by atoms with van der Waals surface area (Å²) in [6.07, 6.45) is 4.82. The van der Waals surface area contributed by atoms with Crippen molar-refractivity contribution in [1.29, 1.82) is 0 Å². The molecule has 3 atom stereocenters. The number of ether oxygens (including phenoxy) is 1. The fourth-order valence-electron chi connectivity index (χ4n) is 3.10. The van der Waals surface area contributed by atoms with E-state index in [-0.39, 0.29) is 30.6 Å². The summed E-state index contributed by atoms with van der Waals surface area (Å²) in [5, 5.41) is 11.6. The second-order valence-corrected chi connectivity index (χ2v) is 5.74. The molecule has 0 aromatic carbocycles. The topological polar surface area (TPSA) is 78.9 Å². The molecule has 6 nitrogen and oxygen atoms in total. The fourth-order valence-corrected chi connectivity index (χ4v) is 3.10. The molecule has 0 spiro atoms. The molecule has 2 aliphatic rings. The van der Waals surface area contributed by atoms with E-state index in [1.165, 1.54) is 0 Å². The van der Waals surface area contributed by atoms with Gasteiger partial charge in [-0.25, -0.2) is 4.79 Å². The molecule has 3 unspecified atom stereocenters. The molecule has 1 aliphatic heterocycles. The first-order valence-corrected chi connectivity index (χ1v) is 7.48. The Kier molecular flexibility index (Phi) is 5.23. The van der Waals surface area contributed by atoms with E-state index >= 15 is 0 Å². The van der Waals surface area contributed by atoms with Crippen molar-refractivity contribution in [3.8, 4) is 0 Å². The smallest absolute Gasteiger partial charge is 0.318 e. The van der Waals surface area contributed by atoms with Crippen LogP contribution in [0.1, 0.15) is 45.4 Å². The number of amides is 2. The first-order valence-electron chi connectivity index (χ1n) is 7.48. The summed E-state index contributed by atoms with van der Waals surface area (Å²) in [5.74, 6) is -0.787. The van der Waals surface area contributed by atoms with E-state index in [0.717, 1.165) is 19.3 Å². The summed E-state index contributed by atoms with van der Waals surface area (Å²) in [6.45, 7) is 3.18. The Labute approximate surface area is 119 Å². The lowest BCUT2D eigenvalue weighted by molar-refractivity contribution is -0.137. The van der Waals surface area contributed by atoms with E-state index in [1.54, 1.807) is 0 Å². The molecule has 1 aliphatic carbocycles. The van der Waals surface area contributed by atoms with Crippen molar-refractivity contribution < 1.29 is 19.4 Å². The van der Waals surface area contributed by atoms with Crippen LogP contribution in [0.15, 0.2) is 0 Å². The van der Waals surface area contributed by atoms with Gasteiger partial charge >= 0.3 is 12.0 Å². The van der Waals surface area contributed by atoms with Gasteiger partial charge in [-0.2, -0.15) is 0 Å². The molecule has 6 heteroatoms. The Bertz CT molecular complexity index is 361. The van der Waals surface area contributed by atoms with Gasteiger partial charge < -0.3 is 20.1 Å². The van der Waals surface area contributed by atoms with Crippen molar-refractivity contribution in [3.05, 3.63) is 0 Å². The van der Waals surface area contributed by atoms with E-state index in [1.807, 2.05) is 11.8 Å². The maximum atomic E-state index is 12.3. The number of fused-ring (bicyclic) bond motifs is 1. The van der Waals surface area contributed by atoms with Crippen molar-refractivity contribution in [1.82, 2.24) is 10.2 Å². The zero-order chi connectivity index (χ0) is 14.5. The predicted molar refractivity (Wildman–Crippen MR) is 73.6 cm³/mol. The molecule has 2 fully saturated rings. The van der Waals surface area contributed by atoms with Gasteiger partial charge in [-0.15, -0.1) is 0 Å². The van der Waals surface area contributed by atoms with Crippen LogP contribution in [0.25, 0.3) is 0 Å². The van der Waals surface area contributed by atoms with E-state index < -0.39 is 5.97 Å². The Hall–Kier alpha value is -1.30. The number of carbonyl (C=O) groups excluding carboxylic acids is 1. The molecule has 20 heavy (non-hydrogen) atoms. The maximum Gasteiger partial charge on any atom is 0.318 e. The molecule has 2 rings (SSSR count). The molecule has 0 radical (unpaired) electrons. The average molecular weight is 284 g/mol. The summed E-state index contributed by atoms with van der Waals surface area (Å²) in [7, 11) is 0. The molecular formula is C14H24N2O4. The summed E-state index contributed by atoms with van der Waals surface area (Å²) in [6, 6.07) is 0.188. The molecule has 0 bridgehead atoms. The third-order valence-electron chi connectivity index (χ3n) is 4.14. The van der Waals surface area contributed by atoms with E-state index in [2.05, 4.69) is 5.32 Å². The Morgan fingerprint density at radius 1 is 1.45 bits per heavy atom. The van der Waals surface area contributed by atoms with Gasteiger partial charge in [0.15, 0.2) is 0 Å². The number of carboxylic acid groups (broad SMARTS) is 1. The van der Waals surface area contributed by atoms with Gasteiger partial charge in [0, 0.05) is 19.0 Å². The summed E-state index contributed by atoms with van der Waals surface area (Å²) >= 11 is 0. The second kappa shape index (κ2) is 6.92. The lowest BCUT2D eigenvalue weighted by atomic mass is 10.1. The van der Waals surface area contributed by atoms with Crippen LogP contribution in [0, 0.1) is 0 Å². The quantitative estimate of drug-likeness (QED) is 0.803. The predicted octanol–water partition coefficient (Wildman–Crippen LogP) is 1.59. The van der Waals surface area contributed by atoms with Gasteiger partial charge in [-0.1, -0.05) is 0 Å². The lowest BCUT2D eigenvalue weighted by Gasteiger charge is -2.38. The molecule has 2 amide bonds. The Morgan fingerprint density at radius 2 is 2.25 bits per heavy atom. The normalized spacial score (nSPS) is 26.9. The largest absolute Gasteiger partial charge is 0.481 e. The van der Waals surface area contributed by atoms with Gasteiger partial charge in [0.05, 0.1) is 18.8 Å². The monoisotopic (exact) mass is 284 g/mol. The number of morpholine rings is 1. The second-order valence-electron chi connectivity index (χ2n) is 5.74. The highest BCUT2D eigenvalue weighted by Crippen LogP contribution is 2.29. The van der Waals surface area contributed by atoms with Crippen molar-refractivity contribution >= 4 is 12.0 Å². The van der Waals surface area contributed by atoms with Crippen LogP contribution < -0.4 is 5.32 Å². The number of aliphatic carboxylic acids is 1. The van der Waals surface area contributed by atoms with Gasteiger partial charge in [0.2, 0.25) is 0 Å². The van der Waals surface area contributed by atoms with Gasteiger partial charge in [0.25, 0.3) is 0 Å². The SMILES string of the molecule is CC(CCCC(=O)O)NC(=O)N1CCOC2CCCC21. The van der Waals surface area contributed by atoms with Crippen molar-refractivity contribution in [2.75, 3.05) is 13.2 Å². The van der Waals surface area contributed by atoms with Crippen LogP contribution >= 0.6 is 0 Å². The minimum atomic E-state index is -0.787. The fraction of sp³-hybridized carbons (Fsp3) is 0.857. The van der Waals surface area contributed by atoms with Crippen LogP contribution in [0.3, 0.4) is 0 Å². The molecule has 1 heterocycles. The number of nitrogens with zero attached hydrogens (tertiary/aromatic N) is 1. The maximum absolute atomic E-state index is 12.3. The average Bonchev–Trinajstić information content (AvgIpc) is 2.85. The van der Waals surface area contributed by atoms with Crippen molar-refractivity contribution in [2.24, 2.45) is 0 Å². The third kappa shape index (κ3) is 3.85. The first-order chi connectivity index (χ1) is 9.58. The molecule has 0 aromatic rings. The van der Waals surface area contributed by atoms with Crippen LogP contribution in [-0.2, 0) is 9.53 Å². The lowest BCUT2D eigenvalue weighted by Crippen LogP contribution is -2.55. The van der Waals surface area contributed by atoms with Crippen molar-refractivity contribution in [3.63, 3.8) is 0 Å². The van der Waals surface area contributed by atoms with Crippen LogP contribution in [0.5, 0.6) is 0 Å². The van der Waals surface area contributed by atoms with E-state index in [0.29, 0.717) is 26.0 Å². The highest BCUT2D eigenvalue weighted by Gasteiger charge is 2.38. The number of rotatable bonds is 5. The van der Waals surface area contributed by atoms with Gasteiger partial charge in [-0.3, -0.25) is 4.79 Å². The highest BCUT2D eigenvalue weighted by molar-refractivity contribution is 5.75. The minimum absolute atomic E-state index is 0.00421. The molecule has 0 aromatic heterocycles. The standard InChI is InChI=1S/C14H24N2O4/c1-10(4-2-7-13(17)18)15-14(19)16-8-9-20-12-6-3-5-11(12)16/h10-12H,2-9H2,1H3,(H,15,19)(H,17,18). The van der Waals surface area contributed by atoms with Crippen LogP contribution in [0.4, 0.5) is 4.79 Å². The number of hydrogen-bond donors (Lipinski definition) is 2. The van der Waals surface area contributed by atoms with Crippen LogP contribution in [0.2, 0.25) is 0 Å². The third-order valence-corrected chi connectivity index (χ3v) is 4.14.